The van der Waals surface area contributed by atoms with Crippen molar-refractivity contribution in [3.63, 3.8) is 0 Å². The van der Waals surface area contributed by atoms with Gasteiger partial charge >= 0.3 is 12.6 Å². The third-order valence-electron chi connectivity index (χ3n) is 5.08. The monoisotopic (exact) mass is 530 g/mol. The van der Waals surface area contributed by atoms with E-state index in [2.05, 4.69) is 14.8 Å². The highest BCUT2D eigenvalue weighted by atomic mass is 19.3. The number of methoxy groups -OCH3 is 2. The number of allylic oxidation sites excluding steroid dienone is 1. The van der Waals surface area contributed by atoms with E-state index >= 15 is 0 Å². The molecule has 38 heavy (non-hydrogen) atoms. The zero-order chi connectivity index (χ0) is 28.2. The largest absolute Gasteiger partial charge is 0.497 e. The van der Waals surface area contributed by atoms with Crippen LogP contribution in [0.2, 0.25) is 0 Å². The molecule has 1 aromatic carbocycles. The summed E-state index contributed by atoms with van der Waals surface area (Å²) in [5, 5.41) is 13.3. The molecule has 0 aliphatic rings. The molecule has 9 nitrogen and oxygen atoms in total. The van der Waals surface area contributed by atoms with Gasteiger partial charge in [-0.3, -0.25) is 0 Å². The van der Waals surface area contributed by atoms with Crippen molar-refractivity contribution in [3.05, 3.63) is 71.5 Å². The predicted molar refractivity (Wildman–Crippen MR) is 141 cm³/mol. The highest BCUT2D eigenvalue weighted by molar-refractivity contribution is 5.89. The number of anilines is 1. The molecule has 0 amide bonds. The van der Waals surface area contributed by atoms with Crippen LogP contribution in [0.5, 0.6) is 11.5 Å². The molecule has 0 bridgehead atoms. The van der Waals surface area contributed by atoms with Crippen molar-refractivity contribution in [2.45, 2.75) is 33.8 Å². The van der Waals surface area contributed by atoms with Crippen molar-refractivity contribution in [3.8, 4) is 28.6 Å². The van der Waals surface area contributed by atoms with E-state index in [1.807, 2.05) is 43.3 Å². The van der Waals surface area contributed by atoms with Gasteiger partial charge in [0.1, 0.15) is 17.3 Å². The number of carboxylic acids is 1. The van der Waals surface area contributed by atoms with Crippen LogP contribution in [0.25, 0.3) is 17.1 Å². The summed E-state index contributed by atoms with van der Waals surface area (Å²) in [6.45, 7) is 2.19. The number of nitrogens with zero attached hydrogens (tertiary/aromatic N) is 3. The molecule has 3 N–H and O–H groups in total. The number of ether oxygens (including phenoxy) is 3. The average molecular weight is 531 g/mol. The van der Waals surface area contributed by atoms with E-state index in [-0.39, 0.29) is 12.2 Å². The van der Waals surface area contributed by atoms with Crippen molar-refractivity contribution >= 4 is 11.8 Å². The number of alkyl halides is 2. The summed E-state index contributed by atoms with van der Waals surface area (Å²) in [5.41, 5.74) is 9.24. The van der Waals surface area contributed by atoms with Crippen LogP contribution >= 0.6 is 0 Å². The molecule has 0 aliphatic carbocycles. The Bertz CT molecular complexity index is 1270. The van der Waals surface area contributed by atoms with Gasteiger partial charge in [0, 0.05) is 23.9 Å². The number of carbonyl (C=O) groups is 1. The normalized spacial score (nSPS) is 11.7. The number of aromatic nitrogens is 3. The van der Waals surface area contributed by atoms with E-state index in [1.165, 1.54) is 19.1 Å². The Balaban J connectivity index is 0.000000296. The van der Waals surface area contributed by atoms with Gasteiger partial charge in [-0.05, 0) is 55.7 Å². The first-order valence-corrected chi connectivity index (χ1v) is 11.6. The van der Waals surface area contributed by atoms with Crippen molar-refractivity contribution in [2.75, 3.05) is 26.6 Å². The third kappa shape index (κ3) is 8.70. The van der Waals surface area contributed by atoms with Crippen LogP contribution in [0.15, 0.2) is 65.9 Å². The van der Waals surface area contributed by atoms with Crippen LogP contribution in [0, 0.1) is 6.92 Å². The molecule has 0 unspecified atom stereocenters. The van der Waals surface area contributed by atoms with E-state index in [0.717, 1.165) is 16.8 Å². The number of carboxylic acid groups (broad SMARTS) is 1. The van der Waals surface area contributed by atoms with Crippen LogP contribution in [0.3, 0.4) is 0 Å². The number of hydrogen-bond donors (Lipinski definition) is 2. The molecular formula is C27H32F2N4O5. The second kappa shape index (κ2) is 14.5. The lowest BCUT2D eigenvalue weighted by Gasteiger charge is -2.07. The number of nitrogens with two attached hydrogens (primary N) is 1. The Labute approximate surface area is 220 Å². The van der Waals surface area contributed by atoms with Crippen molar-refractivity contribution in [1.29, 1.82) is 0 Å². The number of aliphatic carboxylic acids is 1. The van der Waals surface area contributed by atoms with Crippen molar-refractivity contribution in [2.24, 2.45) is 0 Å². The van der Waals surface area contributed by atoms with E-state index in [0.29, 0.717) is 35.1 Å². The van der Waals surface area contributed by atoms with E-state index in [1.54, 1.807) is 32.0 Å². The van der Waals surface area contributed by atoms with Gasteiger partial charge in [0.2, 0.25) is 0 Å². The van der Waals surface area contributed by atoms with Gasteiger partial charge < -0.3 is 25.1 Å². The van der Waals surface area contributed by atoms with Gasteiger partial charge in [0.05, 0.1) is 32.1 Å². The predicted octanol–water partition coefficient (Wildman–Crippen LogP) is 5.44. The molecular weight excluding hydrogens is 498 g/mol. The number of rotatable bonds is 10. The zero-order valence-electron chi connectivity index (χ0n) is 21.9. The lowest BCUT2D eigenvalue weighted by Crippen LogP contribution is -2.05. The Morgan fingerprint density at radius 2 is 1.84 bits per heavy atom. The summed E-state index contributed by atoms with van der Waals surface area (Å²) in [5.74, 6) is 1.55. The summed E-state index contributed by atoms with van der Waals surface area (Å²) in [6, 6.07) is 11.2. The van der Waals surface area contributed by atoms with E-state index in [9.17, 15) is 13.6 Å². The Morgan fingerprint density at radius 3 is 2.37 bits per heavy atom. The number of pyridine rings is 1. The van der Waals surface area contributed by atoms with Gasteiger partial charge in [-0.25, -0.2) is 9.78 Å². The minimum atomic E-state index is -2.84. The fourth-order valence-corrected chi connectivity index (χ4v) is 3.29. The second-order valence-electron chi connectivity index (χ2n) is 8.05. The van der Waals surface area contributed by atoms with Crippen LogP contribution in [0.4, 0.5) is 14.6 Å². The average Bonchev–Trinajstić information content (AvgIpc) is 3.28. The zero-order valence-corrected chi connectivity index (χ0v) is 21.9. The van der Waals surface area contributed by atoms with E-state index < -0.39 is 12.6 Å². The maximum Gasteiger partial charge on any atom is 0.345 e. The van der Waals surface area contributed by atoms with Crippen LogP contribution in [0.1, 0.15) is 25.8 Å². The Morgan fingerprint density at radius 1 is 1.18 bits per heavy atom. The molecule has 11 heteroatoms. The standard InChI is InChI=1S/C17H18N4O2.C10H14F2O3/c1-11-5-4-6-19-17(11)21-16(18)10-15(20-21)12-7-13(22-2)9-14(8-12)23-3;1-3-4-8(9(13)14)5-7(2)6-15-10(11)12/h4-10H,18H2,1-3H3;4-5,10H,3,6H2,1-2H3,(H,13,14)/b;7-5+,8-4+. The summed E-state index contributed by atoms with van der Waals surface area (Å²) in [6.07, 6.45) is 5.13. The first-order chi connectivity index (χ1) is 18.1. The smallest absolute Gasteiger partial charge is 0.345 e. The van der Waals surface area contributed by atoms with Gasteiger partial charge in [0.15, 0.2) is 5.82 Å². The highest BCUT2D eigenvalue weighted by Crippen LogP contribution is 2.30. The van der Waals surface area contributed by atoms with Crippen molar-refractivity contribution in [1.82, 2.24) is 14.8 Å². The Hall–Kier alpha value is -4.25. The first kappa shape index (κ1) is 30.0. The van der Waals surface area contributed by atoms with Gasteiger partial charge in [0.25, 0.3) is 0 Å². The summed E-state index contributed by atoms with van der Waals surface area (Å²) < 4.78 is 39.6. The highest BCUT2D eigenvalue weighted by Gasteiger charge is 2.13. The fourth-order valence-electron chi connectivity index (χ4n) is 3.29. The molecule has 204 valence electrons. The molecule has 0 saturated carbocycles. The molecule has 0 atom stereocenters. The molecule has 0 saturated heterocycles. The van der Waals surface area contributed by atoms with Crippen LogP contribution < -0.4 is 15.2 Å². The van der Waals surface area contributed by atoms with Crippen LogP contribution in [-0.4, -0.2) is 53.3 Å². The number of benzene rings is 1. The number of nitrogen functional groups attached to an aromatic ring is 1. The van der Waals surface area contributed by atoms with Gasteiger partial charge in [-0.15, -0.1) is 0 Å². The third-order valence-corrected chi connectivity index (χ3v) is 5.08. The minimum absolute atomic E-state index is 0.0906. The maximum absolute atomic E-state index is 11.7. The van der Waals surface area contributed by atoms with E-state index in [4.69, 9.17) is 20.3 Å². The van der Waals surface area contributed by atoms with Gasteiger partial charge in [-0.1, -0.05) is 19.1 Å². The van der Waals surface area contributed by atoms with Crippen LogP contribution in [-0.2, 0) is 9.53 Å². The fraction of sp³-hybridized carbons (Fsp3) is 0.296. The molecule has 2 heterocycles. The quantitative estimate of drug-likeness (QED) is 0.263. The van der Waals surface area contributed by atoms with Gasteiger partial charge in [-0.2, -0.15) is 18.6 Å². The number of hydrogen-bond acceptors (Lipinski definition) is 7. The molecule has 3 rings (SSSR count). The lowest BCUT2D eigenvalue weighted by molar-refractivity contribution is -0.132. The molecule has 0 fully saturated rings. The van der Waals surface area contributed by atoms with Crippen molar-refractivity contribution < 1.29 is 32.9 Å². The number of aryl methyl sites for hydroxylation is 1. The molecule has 3 aromatic rings. The second-order valence-corrected chi connectivity index (χ2v) is 8.05. The minimum Gasteiger partial charge on any atom is -0.497 e. The molecule has 0 radical (unpaired) electrons. The summed E-state index contributed by atoms with van der Waals surface area (Å²) >= 11 is 0. The Kier molecular flexibility index (Phi) is 11.4. The lowest BCUT2D eigenvalue weighted by atomic mass is 10.1. The SMILES string of the molecule is CC/C=C(\C=C(/C)COC(F)F)C(=O)O.COc1cc(OC)cc(-c2cc(N)n(-c3ncccc3C)n2)c1. The molecule has 2 aromatic heterocycles. The summed E-state index contributed by atoms with van der Waals surface area (Å²) in [4.78, 5) is 15.0. The molecule has 0 aliphatic heterocycles. The topological polar surface area (TPSA) is 122 Å². The maximum atomic E-state index is 11.7. The summed E-state index contributed by atoms with van der Waals surface area (Å²) in [7, 11) is 3.23. The first-order valence-electron chi connectivity index (χ1n) is 11.6. The molecule has 0 spiro atoms. The number of halogens is 2.